The lowest BCUT2D eigenvalue weighted by Crippen LogP contribution is -2.13. The first kappa shape index (κ1) is 11.5. The molecule has 1 aromatic rings. The van der Waals surface area contributed by atoms with Crippen LogP contribution in [0.15, 0.2) is 12.1 Å². The summed E-state index contributed by atoms with van der Waals surface area (Å²) < 4.78 is 5.01. The van der Waals surface area contributed by atoms with Crippen molar-refractivity contribution in [2.24, 2.45) is 0 Å². The van der Waals surface area contributed by atoms with E-state index in [1.807, 2.05) is 0 Å². The molecular weight excluding hydrogens is 218 g/mol. The summed E-state index contributed by atoms with van der Waals surface area (Å²) in [7, 11) is 1.46. The topological polar surface area (TPSA) is 55.4 Å². The Morgan fingerprint density at radius 1 is 1.53 bits per heavy atom. The van der Waals surface area contributed by atoms with Crippen LogP contribution in [-0.2, 0) is 9.59 Å². The summed E-state index contributed by atoms with van der Waals surface area (Å²) in [6.45, 7) is 1.79. The van der Waals surface area contributed by atoms with Crippen LogP contribution in [-0.4, -0.2) is 19.3 Å². The Kier molecular flexibility index (Phi) is 3.68. The summed E-state index contributed by atoms with van der Waals surface area (Å²) in [5, 5.41) is 2.93. The van der Waals surface area contributed by atoms with Crippen LogP contribution in [0.2, 0.25) is 5.02 Å². The second-order valence-corrected chi connectivity index (χ2v) is 3.32. The molecule has 0 atom stereocenters. The van der Waals surface area contributed by atoms with Crippen molar-refractivity contribution in [1.82, 2.24) is 0 Å². The zero-order valence-electron chi connectivity index (χ0n) is 8.33. The van der Waals surface area contributed by atoms with Crippen LogP contribution in [0.4, 0.5) is 5.69 Å². The number of methoxy groups -OCH3 is 1. The second-order valence-electron chi connectivity index (χ2n) is 2.91. The average Bonchev–Trinajstić information content (AvgIpc) is 2.22. The van der Waals surface area contributed by atoms with Gasteiger partial charge in [0.25, 0.3) is 5.91 Å². The number of hydrogen-bond acceptors (Lipinski definition) is 3. The van der Waals surface area contributed by atoms with Gasteiger partial charge >= 0.3 is 0 Å². The van der Waals surface area contributed by atoms with Crippen molar-refractivity contribution in [2.45, 2.75) is 6.92 Å². The maximum atomic E-state index is 10.9. The van der Waals surface area contributed by atoms with E-state index in [1.54, 1.807) is 19.1 Å². The molecule has 80 valence electrons. The van der Waals surface area contributed by atoms with Crippen molar-refractivity contribution >= 4 is 29.5 Å². The molecule has 0 bridgehead atoms. The molecule has 0 unspecified atom stereocenters. The molecule has 0 aromatic heterocycles. The number of aryl methyl sites for hydroxylation is 1. The van der Waals surface area contributed by atoms with E-state index in [9.17, 15) is 9.59 Å². The highest BCUT2D eigenvalue weighted by atomic mass is 35.5. The van der Waals surface area contributed by atoms with Gasteiger partial charge in [-0.05, 0) is 18.6 Å². The number of ether oxygens (including phenoxy) is 1. The van der Waals surface area contributed by atoms with Crippen molar-refractivity contribution in [3.8, 4) is 5.75 Å². The summed E-state index contributed by atoms with van der Waals surface area (Å²) in [4.78, 5) is 21.1. The second kappa shape index (κ2) is 4.79. The molecular formula is C10H10ClNO3. The smallest absolute Gasteiger partial charge is 0.288 e. The van der Waals surface area contributed by atoms with Gasteiger partial charge < -0.3 is 10.1 Å². The van der Waals surface area contributed by atoms with E-state index in [-0.39, 0.29) is 6.29 Å². The Morgan fingerprint density at radius 2 is 2.20 bits per heavy atom. The predicted octanol–water partition coefficient (Wildman–Crippen LogP) is 1.79. The van der Waals surface area contributed by atoms with Crippen LogP contribution in [0.5, 0.6) is 5.75 Å². The molecule has 1 aromatic carbocycles. The number of hydrogen-bond donors (Lipinski definition) is 1. The van der Waals surface area contributed by atoms with Gasteiger partial charge in [0.1, 0.15) is 5.75 Å². The highest BCUT2D eigenvalue weighted by Gasteiger charge is 2.09. The predicted molar refractivity (Wildman–Crippen MR) is 57.4 cm³/mol. The molecule has 0 fully saturated rings. The van der Waals surface area contributed by atoms with E-state index in [0.29, 0.717) is 16.5 Å². The van der Waals surface area contributed by atoms with E-state index in [1.165, 1.54) is 7.11 Å². The summed E-state index contributed by atoms with van der Waals surface area (Å²) in [5.74, 6) is -0.309. The first-order chi connectivity index (χ1) is 7.08. The number of anilines is 1. The quantitative estimate of drug-likeness (QED) is 0.633. The van der Waals surface area contributed by atoms with Crippen LogP contribution in [0, 0.1) is 6.92 Å². The number of rotatable bonds is 3. The Balaban J connectivity index is 3.10. The molecule has 0 spiro atoms. The summed E-state index contributed by atoms with van der Waals surface area (Å²) >= 11 is 5.87. The van der Waals surface area contributed by atoms with E-state index in [4.69, 9.17) is 16.3 Å². The average molecular weight is 228 g/mol. The Hall–Kier alpha value is -1.55. The molecule has 15 heavy (non-hydrogen) atoms. The molecule has 1 N–H and O–H groups in total. The third-order valence-electron chi connectivity index (χ3n) is 1.85. The number of carbonyl (C=O) groups excluding carboxylic acids is 2. The highest BCUT2D eigenvalue weighted by Crippen LogP contribution is 2.30. The minimum Gasteiger partial charge on any atom is -0.495 e. The van der Waals surface area contributed by atoms with Crippen molar-refractivity contribution in [3.05, 3.63) is 22.7 Å². The Morgan fingerprint density at radius 3 is 2.73 bits per heavy atom. The lowest BCUT2D eigenvalue weighted by Gasteiger charge is -2.10. The number of nitrogens with one attached hydrogen (secondary N) is 1. The number of halogens is 1. The van der Waals surface area contributed by atoms with Crippen LogP contribution in [0.25, 0.3) is 0 Å². The zero-order chi connectivity index (χ0) is 11.4. The van der Waals surface area contributed by atoms with Gasteiger partial charge in [-0.2, -0.15) is 0 Å². The van der Waals surface area contributed by atoms with Crippen molar-refractivity contribution < 1.29 is 14.3 Å². The monoisotopic (exact) mass is 227 g/mol. The number of benzene rings is 1. The van der Waals surface area contributed by atoms with Crippen LogP contribution < -0.4 is 10.1 Å². The molecule has 5 heteroatoms. The standard InChI is InChI=1S/C10H10ClNO3/c1-6-3-8(12-10(14)5-13)9(15-2)4-7(6)11/h3-5H,1-2H3,(H,12,14). The van der Waals surface area contributed by atoms with Gasteiger partial charge in [-0.3, -0.25) is 9.59 Å². The molecule has 1 rings (SSSR count). The molecule has 0 saturated carbocycles. The molecule has 0 radical (unpaired) electrons. The summed E-state index contributed by atoms with van der Waals surface area (Å²) in [6, 6.07) is 3.22. The Labute approximate surface area is 92.2 Å². The molecule has 0 aliphatic heterocycles. The third kappa shape index (κ3) is 2.70. The SMILES string of the molecule is COc1cc(Cl)c(C)cc1NC(=O)C=O. The van der Waals surface area contributed by atoms with E-state index in [0.717, 1.165) is 5.56 Å². The molecule has 0 heterocycles. The first-order valence-corrected chi connectivity index (χ1v) is 4.56. The van der Waals surface area contributed by atoms with E-state index >= 15 is 0 Å². The molecule has 0 saturated heterocycles. The largest absolute Gasteiger partial charge is 0.495 e. The number of carbonyl (C=O) groups is 2. The minimum atomic E-state index is -0.727. The van der Waals surface area contributed by atoms with Gasteiger partial charge in [0, 0.05) is 11.1 Å². The van der Waals surface area contributed by atoms with Gasteiger partial charge in [-0.1, -0.05) is 11.6 Å². The fourth-order valence-corrected chi connectivity index (χ4v) is 1.25. The van der Waals surface area contributed by atoms with Gasteiger partial charge in [0.05, 0.1) is 12.8 Å². The van der Waals surface area contributed by atoms with Crippen LogP contribution in [0.3, 0.4) is 0 Å². The molecule has 1 amide bonds. The first-order valence-electron chi connectivity index (χ1n) is 4.18. The van der Waals surface area contributed by atoms with Crippen LogP contribution in [0.1, 0.15) is 5.56 Å². The van der Waals surface area contributed by atoms with Gasteiger partial charge in [0.2, 0.25) is 6.29 Å². The number of aldehydes is 1. The molecule has 4 nitrogen and oxygen atoms in total. The normalized spacial score (nSPS) is 9.53. The van der Waals surface area contributed by atoms with Gasteiger partial charge in [0.15, 0.2) is 0 Å². The van der Waals surface area contributed by atoms with Gasteiger partial charge in [-0.25, -0.2) is 0 Å². The van der Waals surface area contributed by atoms with Crippen molar-refractivity contribution in [3.63, 3.8) is 0 Å². The molecule has 0 aliphatic carbocycles. The Bertz CT molecular complexity index is 404. The lowest BCUT2D eigenvalue weighted by atomic mass is 10.2. The van der Waals surface area contributed by atoms with E-state index < -0.39 is 5.91 Å². The van der Waals surface area contributed by atoms with Crippen molar-refractivity contribution in [2.75, 3.05) is 12.4 Å². The summed E-state index contributed by atoms with van der Waals surface area (Å²) in [5.41, 5.74) is 1.22. The van der Waals surface area contributed by atoms with Crippen LogP contribution >= 0.6 is 11.6 Å². The fourth-order valence-electron chi connectivity index (χ4n) is 1.09. The van der Waals surface area contributed by atoms with Crippen molar-refractivity contribution in [1.29, 1.82) is 0 Å². The lowest BCUT2D eigenvalue weighted by molar-refractivity contribution is -0.127. The fraction of sp³-hybridized carbons (Fsp3) is 0.200. The van der Waals surface area contributed by atoms with E-state index in [2.05, 4.69) is 5.32 Å². The van der Waals surface area contributed by atoms with Gasteiger partial charge in [-0.15, -0.1) is 0 Å². The summed E-state index contributed by atoms with van der Waals surface area (Å²) in [6.07, 6.45) is 0.198. The maximum absolute atomic E-state index is 10.9. The minimum absolute atomic E-state index is 0.198. The third-order valence-corrected chi connectivity index (χ3v) is 2.25. The number of amides is 1. The maximum Gasteiger partial charge on any atom is 0.288 e. The molecule has 0 aliphatic rings. The highest BCUT2D eigenvalue weighted by molar-refractivity contribution is 6.32. The zero-order valence-corrected chi connectivity index (χ0v) is 9.09.